The molecule has 93 heavy (non-hydrogen) atoms. The van der Waals surface area contributed by atoms with Crippen LogP contribution in [0.3, 0.4) is 0 Å². The average Bonchev–Trinajstić information content (AvgIpc) is 1.44. The Kier molecular flexibility index (Phi) is 23.0. The predicted octanol–water partition coefficient (Wildman–Crippen LogP) is 9.43. The molecule has 20 nitrogen and oxygen atoms in total. The summed E-state index contributed by atoms with van der Waals surface area (Å²) in [5, 5.41) is 12.1. The fourth-order valence-corrected chi connectivity index (χ4v) is 12.3. The van der Waals surface area contributed by atoms with Crippen molar-refractivity contribution < 1.29 is 57.0 Å². The Bertz CT molecular complexity index is 3420. The van der Waals surface area contributed by atoms with Gasteiger partial charge in [0.25, 0.3) is 5.91 Å². The van der Waals surface area contributed by atoms with Crippen molar-refractivity contribution in [1.29, 1.82) is 0 Å². The van der Waals surface area contributed by atoms with E-state index >= 15 is 18.8 Å². The minimum absolute atomic E-state index is 0.0108. The van der Waals surface area contributed by atoms with Crippen molar-refractivity contribution in [1.82, 2.24) is 45.8 Å². The number of amides is 9. The van der Waals surface area contributed by atoms with Crippen molar-refractivity contribution in [2.24, 2.45) is 5.41 Å². The molecule has 4 aromatic rings. The van der Waals surface area contributed by atoms with Gasteiger partial charge in [0.05, 0.1) is 12.1 Å². The van der Waals surface area contributed by atoms with E-state index in [0.717, 1.165) is 44.9 Å². The van der Waals surface area contributed by atoms with Gasteiger partial charge in [0.15, 0.2) is 0 Å². The number of hydrogen-bond donors (Lipinski definition) is 4. The molecule has 0 spiro atoms. The van der Waals surface area contributed by atoms with Crippen LogP contribution in [-0.4, -0.2) is 163 Å². The molecular formula is C71H96FN9O11S. The van der Waals surface area contributed by atoms with Crippen LogP contribution >= 0.6 is 11.8 Å². The summed E-state index contributed by atoms with van der Waals surface area (Å²) >= 11 is 1.35. The molecule has 22 heteroatoms. The van der Waals surface area contributed by atoms with Gasteiger partial charge in [-0.05, 0) is 160 Å². The Labute approximate surface area is 552 Å². The SMILES string of the molecule is CSC(C)(C)C(NC(=O)[C@H](C)N(C)C(=O)OC(C)(C)C)C(=O)N1Cc2ccccc2CC1C(=O)N(Cc1ccc(C(=O)NC2C[C@@H](C(=O)N[C@@H]3CCCc4ccccc43)N(C(=O)[C@@H](NC(=O)[C@H](C)N(C)C(=O)OC(C)(C)C)C(C)(C)C)C2)cc1)[C@H](C)c1ccccc1F. The predicted molar refractivity (Wildman–Crippen MR) is 356 cm³/mol. The number of rotatable bonds is 19. The summed E-state index contributed by atoms with van der Waals surface area (Å²) in [6.45, 7) is 23.9. The molecule has 1 saturated heterocycles. The lowest BCUT2D eigenvalue weighted by Gasteiger charge is -2.44. The number of fused-ring (bicyclic) bond motifs is 2. The molecule has 0 aromatic heterocycles. The largest absolute Gasteiger partial charge is 0.444 e. The first-order valence-electron chi connectivity index (χ1n) is 32.0. The van der Waals surface area contributed by atoms with Crippen molar-refractivity contribution in [3.8, 4) is 0 Å². The number of carbonyl (C=O) groups excluding carboxylic acids is 9. The summed E-state index contributed by atoms with van der Waals surface area (Å²) in [7, 11) is 2.88. The topological polar surface area (TPSA) is 236 Å². The molecule has 0 saturated carbocycles. The van der Waals surface area contributed by atoms with E-state index in [1.54, 1.807) is 112 Å². The van der Waals surface area contributed by atoms with Crippen LogP contribution in [0.4, 0.5) is 14.0 Å². The summed E-state index contributed by atoms with van der Waals surface area (Å²) in [6.07, 6.45) is 2.89. The lowest BCUT2D eigenvalue weighted by Crippen LogP contribution is -2.63. The smallest absolute Gasteiger partial charge is 0.410 e. The van der Waals surface area contributed by atoms with Crippen molar-refractivity contribution >= 4 is 65.3 Å². The van der Waals surface area contributed by atoms with E-state index in [9.17, 15) is 28.8 Å². The first-order valence-corrected chi connectivity index (χ1v) is 33.2. The number of carbonyl (C=O) groups is 9. The van der Waals surface area contributed by atoms with E-state index in [1.165, 1.54) is 60.5 Å². The molecule has 504 valence electrons. The highest BCUT2D eigenvalue weighted by atomic mass is 32.2. The monoisotopic (exact) mass is 1300 g/mol. The van der Waals surface area contributed by atoms with E-state index in [-0.39, 0.29) is 49.6 Å². The van der Waals surface area contributed by atoms with Crippen molar-refractivity contribution in [2.75, 3.05) is 26.9 Å². The molecule has 1 fully saturated rings. The van der Waals surface area contributed by atoms with Crippen molar-refractivity contribution in [2.45, 2.75) is 212 Å². The van der Waals surface area contributed by atoms with E-state index in [2.05, 4.69) is 21.3 Å². The van der Waals surface area contributed by atoms with Gasteiger partial charge in [-0.2, -0.15) is 11.8 Å². The lowest BCUT2D eigenvalue weighted by molar-refractivity contribution is -0.151. The molecule has 2 aliphatic heterocycles. The number of ether oxygens (including phenoxy) is 2. The molecule has 9 atom stereocenters. The highest BCUT2D eigenvalue weighted by Crippen LogP contribution is 2.36. The van der Waals surface area contributed by atoms with Crippen LogP contribution in [-0.2, 0) is 64.2 Å². The second kappa shape index (κ2) is 29.5. The molecule has 7 rings (SSSR count). The van der Waals surface area contributed by atoms with Crippen LogP contribution in [0.1, 0.15) is 172 Å². The van der Waals surface area contributed by atoms with Gasteiger partial charge in [-0.3, -0.25) is 43.4 Å². The molecule has 3 unspecified atom stereocenters. The maximum Gasteiger partial charge on any atom is 0.410 e. The zero-order chi connectivity index (χ0) is 68.8. The Hall–Kier alpha value is -8.01. The van der Waals surface area contributed by atoms with Gasteiger partial charge < -0.3 is 45.4 Å². The number of aryl methyl sites for hydroxylation is 1. The first-order chi connectivity index (χ1) is 43.4. The summed E-state index contributed by atoms with van der Waals surface area (Å²) in [5.41, 5.74) is 2.21. The third-order valence-electron chi connectivity index (χ3n) is 17.8. The molecule has 4 aromatic carbocycles. The summed E-state index contributed by atoms with van der Waals surface area (Å²) in [4.78, 5) is 137. The fourth-order valence-electron chi connectivity index (χ4n) is 11.9. The van der Waals surface area contributed by atoms with E-state index in [4.69, 9.17) is 9.47 Å². The van der Waals surface area contributed by atoms with Crippen LogP contribution in [0, 0.1) is 11.2 Å². The summed E-state index contributed by atoms with van der Waals surface area (Å²) in [6, 6.07) is 19.5. The van der Waals surface area contributed by atoms with Gasteiger partial charge in [0.2, 0.25) is 35.4 Å². The number of benzene rings is 4. The van der Waals surface area contributed by atoms with E-state index < -0.39 is 129 Å². The van der Waals surface area contributed by atoms with Gasteiger partial charge in [0, 0.05) is 62.1 Å². The zero-order valence-corrected chi connectivity index (χ0v) is 57.9. The standard InChI is InChI=1S/C71H96FN9O11S/c1-42(51-29-22-23-31-53(51)72)79(63(86)56-37-48-26-18-19-27-49(48)40-80(56)65(88)58(71(13,14)93-17)76-60(83)44(3)78(16)67(90)92-70(10,11)12)39-45-33-35-47(36-34-45)61(84)73-50-38-55(62(85)74-54-32-24-28-46-25-20-21-30-52(46)54)81(41-50)64(87)57(68(4,5)6)75-59(82)43(2)77(15)66(89)91-69(7,8)9/h18-23,25-27,29-31,33-36,42-44,50,54-58H,24,28,32,37-41H2,1-17H3,(H,73,84)(H,74,85)(H,75,82)(H,76,83)/t42-,43+,44+,50?,54-,55+,56?,57-,58?/m1/s1. The highest BCUT2D eigenvalue weighted by Gasteiger charge is 2.49. The van der Waals surface area contributed by atoms with Gasteiger partial charge in [-0.1, -0.05) is 99.6 Å². The quantitative estimate of drug-likeness (QED) is 0.0687. The number of nitrogens with one attached hydrogen (secondary N) is 4. The summed E-state index contributed by atoms with van der Waals surface area (Å²) in [5.74, 6) is -4.29. The van der Waals surface area contributed by atoms with Gasteiger partial charge >= 0.3 is 12.2 Å². The molecular weight excluding hydrogens is 1210 g/mol. The Morgan fingerprint density at radius 3 is 1.73 bits per heavy atom. The zero-order valence-electron chi connectivity index (χ0n) is 57.1. The third kappa shape index (κ3) is 17.8. The minimum atomic E-state index is -1.20. The molecule has 0 radical (unpaired) electrons. The highest BCUT2D eigenvalue weighted by molar-refractivity contribution is 8.00. The number of halogens is 1. The summed E-state index contributed by atoms with van der Waals surface area (Å²) < 4.78 is 26.1. The van der Waals surface area contributed by atoms with Crippen LogP contribution in [0.25, 0.3) is 0 Å². The number of nitrogens with zero attached hydrogens (tertiary/aromatic N) is 5. The Balaban J connectivity index is 1.16. The average molecular weight is 1300 g/mol. The molecule has 3 aliphatic rings. The number of thioether (sulfide) groups is 1. The maximum absolute atomic E-state index is 16.0. The van der Waals surface area contributed by atoms with Crippen LogP contribution in [0.2, 0.25) is 0 Å². The van der Waals surface area contributed by atoms with Gasteiger partial charge in [0.1, 0.15) is 53.3 Å². The maximum atomic E-state index is 16.0. The van der Waals surface area contributed by atoms with Gasteiger partial charge in [-0.15, -0.1) is 0 Å². The molecule has 9 amide bonds. The van der Waals surface area contributed by atoms with Crippen molar-refractivity contribution in [3.63, 3.8) is 0 Å². The van der Waals surface area contributed by atoms with Crippen molar-refractivity contribution in [3.05, 3.63) is 142 Å². The number of likely N-dealkylation sites (N-methyl/N-ethyl adjacent to an activating group) is 2. The van der Waals surface area contributed by atoms with Crippen LogP contribution < -0.4 is 21.3 Å². The lowest BCUT2D eigenvalue weighted by atomic mass is 9.85. The Morgan fingerprint density at radius 2 is 1.17 bits per heavy atom. The second-order valence-electron chi connectivity index (χ2n) is 28.5. The first kappa shape index (κ1) is 72.4. The van der Waals surface area contributed by atoms with Gasteiger partial charge in [-0.25, -0.2) is 14.0 Å². The molecule has 0 bridgehead atoms. The Morgan fingerprint density at radius 1 is 0.645 bits per heavy atom. The number of likely N-dealkylation sites (tertiary alicyclic amines) is 1. The van der Waals surface area contributed by atoms with E-state index in [1.807, 2.05) is 68.6 Å². The normalized spacial score (nSPS) is 19.0. The minimum Gasteiger partial charge on any atom is -0.444 e. The molecule has 1 aliphatic carbocycles. The molecule has 4 N–H and O–H groups in total. The molecule has 2 heterocycles. The number of hydrogen-bond acceptors (Lipinski definition) is 12. The van der Waals surface area contributed by atoms with Crippen LogP contribution in [0.15, 0.2) is 97.1 Å². The third-order valence-corrected chi connectivity index (χ3v) is 19.1. The fraction of sp³-hybridized carbons (Fsp3) is 0.535. The van der Waals surface area contributed by atoms with Crippen LogP contribution in [0.5, 0.6) is 0 Å². The second-order valence-corrected chi connectivity index (χ2v) is 29.9. The van der Waals surface area contributed by atoms with E-state index in [0.29, 0.717) is 12.0 Å².